The van der Waals surface area contributed by atoms with Crippen LogP contribution in [0.2, 0.25) is 0 Å². The first-order valence-corrected chi connectivity index (χ1v) is 7.19. The lowest BCUT2D eigenvalue weighted by atomic mass is 10.1. The van der Waals surface area contributed by atoms with Crippen molar-refractivity contribution in [3.8, 4) is 0 Å². The highest BCUT2D eigenvalue weighted by atomic mass is 16.2. The van der Waals surface area contributed by atoms with Gasteiger partial charge in [-0.15, -0.1) is 0 Å². The van der Waals surface area contributed by atoms with E-state index in [9.17, 15) is 9.59 Å². The summed E-state index contributed by atoms with van der Waals surface area (Å²) in [6.45, 7) is 2.37. The molecule has 4 nitrogen and oxygen atoms in total. The monoisotopic (exact) mass is 284 g/mol. The summed E-state index contributed by atoms with van der Waals surface area (Å²) in [4.78, 5) is 26.1. The summed E-state index contributed by atoms with van der Waals surface area (Å²) < 4.78 is 0. The summed E-state index contributed by atoms with van der Waals surface area (Å²) in [5.74, 6) is -0.309. The SMILES string of the molecule is Cc1ccc(C(=O)NCCCCc2ccccc2)c(=O)[nH]1. The third-order valence-electron chi connectivity index (χ3n) is 3.32. The number of aromatic nitrogens is 1. The fourth-order valence-electron chi connectivity index (χ4n) is 2.15. The first-order chi connectivity index (χ1) is 10.2. The minimum atomic E-state index is -0.336. The van der Waals surface area contributed by atoms with Gasteiger partial charge in [-0.25, -0.2) is 0 Å². The Hall–Kier alpha value is -2.36. The number of benzene rings is 1. The van der Waals surface area contributed by atoms with Crippen molar-refractivity contribution in [1.82, 2.24) is 10.3 Å². The molecule has 0 spiro atoms. The first-order valence-electron chi connectivity index (χ1n) is 7.19. The summed E-state index contributed by atoms with van der Waals surface area (Å²) in [7, 11) is 0. The van der Waals surface area contributed by atoms with E-state index in [1.54, 1.807) is 19.1 Å². The number of aryl methyl sites for hydroxylation is 2. The molecule has 0 atom stereocenters. The molecular weight excluding hydrogens is 264 g/mol. The van der Waals surface area contributed by atoms with Gasteiger partial charge in [-0.3, -0.25) is 9.59 Å². The molecule has 1 heterocycles. The quantitative estimate of drug-likeness (QED) is 0.800. The molecule has 0 aliphatic heterocycles. The number of carbonyl (C=O) groups excluding carboxylic acids is 1. The summed E-state index contributed by atoms with van der Waals surface area (Å²) >= 11 is 0. The Bertz CT molecular complexity index is 647. The number of hydrogen-bond donors (Lipinski definition) is 2. The van der Waals surface area contributed by atoms with Crippen LogP contribution >= 0.6 is 0 Å². The highest BCUT2D eigenvalue weighted by Crippen LogP contribution is 2.04. The van der Waals surface area contributed by atoms with Gasteiger partial charge in [-0.1, -0.05) is 30.3 Å². The van der Waals surface area contributed by atoms with Gasteiger partial charge in [0.2, 0.25) is 0 Å². The van der Waals surface area contributed by atoms with E-state index < -0.39 is 0 Å². The van der Waals surface area contributed by atoms with Crippen LogP contribution in [0, 0.1) is 6.92 Å². The molecule has 1 amide bonds. The topological polar surface area (TPSA) is 62.0 Å². The average molecular weight is 284 g/mol. The lowest BCUT2D eigenvalue weighted by molar-refractivity contribution is 0.0951. The van der Waals surface area contributed by atoms with E-state index in [4.69, 9.17) is 0 Å². The van der Waals surface area contributed by atoms with Crippen molar-refractivity contribution >= 4 is 5.91 Å². The van der Waals surface area contributed by atoms with Crippen LogP contribution in [-0.4, -0.2) is 17.4 Å². The van der Waals surface area contributed by atoms with Gasteiger partial charge in [0, 0.05) is 12.2 Å². The van der Waals surface area contributed by atoms with Gasteiger partial charge < -0.3 is 10.3 Å². The van der Waals surface area contributed by atoms with Crippen LogP contribution < -0.4 is 10.9 Å². The smallest absolute Gasteiger partial charge is 0.260 e. The van der Waals surface area contributed by atoms with Crippen molar-refractivity contribution in [3.63, 3.8) is 0 Å². The van der Waals surface area contributed by atoms with Crippen LogP contribution in [0.1, 0.15) is 34.5 Å². The van der Waals surface area contributed by atoms with Gasteiger partial charge >= 0.3 is 0 Å². The second-order valence-electron chi connectivity index (χ2n) is 5.08. The summed E-state index contributed by atoms with van der Waals surface area (Å²) in [5, 5.41) is 2.79. The molecule has 1 aromatic heterocycles. The number of aromatic amines is 1. The maximum Gasteiger partial charge on any atom is 0.260 e. The Morgan fingerprint density at radius 1 is 1.10 bits per heavy atom. The maximum atomic E-state index is 11.9. The molecule has 0 aliphatic rings. The lowest BCUT2D eigenvalue weighted by Gasteiger charge is -2.05. The molecule has 0 bridgehead atoms. The summed E-state index contributed by atoms with van der Waals surface area (Å²) in [5.41, 5.74) is 1.89. The zero-order valence-corrected chi connectivity index (χ0v) is 12.2. The summed E-state index contributed by atoms with van der Waals surface area (Å²) in [6.07, 6.45) is 2.90. The second-order valence-corrected chi connectivity index (χ2v) is 5.08. The number of carbonyl (C=O) groups is 1. The van der Waals surface area contributed by atoms with Crippen LogP contribution in [-0.2, 0) is 6.42 Å². The average Bonchev–Trinajstić information content (AvgIpc) is 2.47. The number of H-pyrrole nitrogens is 1. The molecule has 0 saturated carbocycles. The molecule has 21 heavy (non-hydrogen) atoms. The standard InChI is InChI=1S/C17H20N2O2/c1-13-10-11-15(17(21)19-13)16(20)18-12-6-5-9-14-7-3-2-4-8-14/h2-4,7-8,10-11H,5-6,9,12H2,1H3,(H,18,20)(H,19,21). The molecule has 2 N–H and O–H groups in total. The zero-order valence-electron chi connectivity index (χ0n) is 12.2. The molecule has 0 radical (unpaired) electrons. The van der Waals surface area contributed by atoms with E-state index in [1.807, 2.05) is 18.2 Å². The molecule has 0 saturated heterocycles. The third-order valence-corrected chi connectivity index (χ3v) is 3.32. The number of unbranched alkanes of at least 4 members (excludes halogenated alkanes) is 1. The van der Waals surface area contributed by atoms with Gasteiger partial charge in [0.25, 0.3) is 11.5 Å². The Balaban J connectivity index is 1.73. The molecular formula is C17H20N2O2. The van der Waals surface area contributed by atoms with Crippen LogP contribution in [0.3, 0.4) is 0 Å². The Morgan fingerprint density at radius 2 is 1.86 bits per heavy atom. The molecule has 2 aromatic rings. The van der Waals surface area contributed by atoms with Crippen molar-refractivity contribution in [3.05, 3.63) is 69.6 Å². The molecule has 0 fully saturated rings. The molecule has 0 unspecified atom stereocenters. The molecule has 4 heteroatoms. The van der Waals surface area contributed by atoms with E-state index in [0.29, 0.717) is 6.54 Å². The van der Waals surface area contributed by atoms with Gasteiger partial charge in [-0.2, -0.15) is 0 Å². The third kappa shape index (κ3) is 4.60. The highest BCUT2D eigenvalue weighted by molar-refractivity contribution is 5.93. The number of pyridine rings is 1. The van der Waals surface area contributed by atoms with Gasteiger partial charge in [-0.05, 0) is 43.9 Å². The Labute approximate surface area is 124 Å². The largest absolute Gasteiger partial charge is 0.352 e. The van der Waals surface area contributed by atoms with Crippen LogP contribution in [0.25, 0.3) is 0 Å². The number of amides is 1. The van der Waals surface area contributed by atoms with E-state index in [0.717, 1.165) is 25.0 Å². The minimum Gasteiger partial charge on any atom is -0.352 e. The second kappa shape index (κ2) is 7.43. The predicted octanol–water partition coefficient (Wildman–Crippen LogP) is 2.44. The number of rotatable bonds is 6. The molecule has 0 aliphatic carbocycles. The summed E-state index contributed by atoms with van der Waals surface area (Å²) in [6, 6.07) is 13.6. The van der Waals surface area contributed by atoms with E-state index in [-0.39, 0.29) is 17.0 Å². The van der Waals surface area contributed by atoms with Crippen LogP contribution in [0.4, 0.5) is 0 Å². The number of nitrogens with one attached hydrogen (secondary N) is 2. The van der Waals surface area contributed by atoms with Crippen molar-refractivity contribution in [2.75, 3.05) is 6.54 Å². The Morgan fingerprint density at radius 3 is 2.57 bits per heavy atom. The van der Waals surface area contributed by atoms with Crippen molar-refractivity contribution < 1.29 is 4.79 Å². The number of hydrogen-bond acceptors (Lipinski definition) is 2. The lowest BCUT2D eigenvalue weighted by Crippen LogP contribution is -2.30. The maximum absolute atomic E-state index is 11.9. The molecule has 110 valence electrons. The normalized spacial score (nSPS) is 10.3. The highest BCUT2D eigenvalue weighted by Gasteiger charge is 2.09. The van der Waals surface area contributed by atoms with Crippen LogP contribution in [0.5, 0.6) is 0 Å². The van der Waals surface area contributed by atoms with Gasteiger partial charge in [0.05, 0.1) is 0 Å². The zero-order chi connectivity index (χ0) is 15.1. The van der Waals surface area contributed by atoms with E-state index in [2.05, 4.69) is 22.4 Å². The van der Waals surface area contributed by atoms with Crippen molar-refractivity contribution in [1.29, 1.82) is 0 Å². The van der Waals surface area contributed by atoms with Crippen LogP contribution in [0.15, 0.2) is 47.3 Å². The van der Waals surface area contributed by atoms with Gasteiger partial charge in [0.1, 0.15) is 5.56 Å². The van der Waals surface area contributed by atoms with Crippen molar-refractivity contribution in [2.24, 2.45) is 0 Å². The molecule has 1 aromatic carbocycles. The van der Waals surface area contributed by atoms with E-state index >= 15 is 0 Å². The van der Waals surface area contributed by atoms with Crippen molar-refractivity contribution in [2.45, 2.75) is 26.2 Å². The minimum absolute atomic E-state index is 0.170. The molecule has 2 rings (SSSR count). The fraction of sp³-hybridized carbons (Fsp3) is 0.294. The van der Waals surface area contributed by atoms with Gasteiger partial charge in [0.15, 0.2) is 0 Å². The fourth-order valence-corrected chi connectivity index (χ4v) is 2.15. The predicted molar refractivity (Wildman–Crippen MR) is 83.5 cm³/mol. The Kier molecular flexibility index (Phi) is 5.32. The van der Waals surface area contributed by atoms with E-state index in [1.165, 1.54) is 5.56 Å². The first kappa shape index (κ1) is 15.0.